The van der Waals surface area contributed by atoms with E-state index in [9.17, 15) is 9.59 Å². The topological polar surface area (TPSA) is 49.4 Å². The van der Waals surface area contributed by atoms with Gasteiger partial charge >= 0.3 is 0 Å². The number of hydrogen-bond acceptors (Lipinski definition) is 2. The van der Waals surface area contributed by atoms with Crippen LogP contribution in [0.3, 0.4) is 0 Å². The maximum absolute atomic E-state index is 12.4. The highest BCUT2D eigenvalue weighted by molar-refractivity contribution is 6.00. The molecule has 4 heteroatoms. The monoisotopic (exact) mass is 322 g/mol. The zero-order chi connectivity index (χ0) is 16.9. The lowest BCUT2D eigenvalue weighted by atomic mass is 10.1. The molecule has 2 amide bonds. The van der Waals surface area contributed by atoms with Crippen LogP contribution in [0.4, 0.5) is 5.69 Å². The molecule has 0 radical (unpaired) electrons. The highest BCUT2D eigenvalue weighted by Gasteiger charge is 2.35. The number of carbonyl (C=O) groups excluding carboxylic acids is 2. The maximum atomic E-state index is 12.4. The molecular formula is C20H22N2O2. The summed E-state index contributed by atoms with van der Waals surface area (Å²) >= 11 is 0. The van der Waals surface area contributed by atoms with Gasteiger partial charge in [-0.05, 0) is 30.5 Å². The van der Waals surface area contributed by atoms with E-state index >= 15 is 0 Å². The molecule has 1 aliphatic heterocycles. The van der Waals surface area contributed by atoms with Crippen molar-refractivity contribution in [2.24, 2.45) is 5.92 Å². The number of benzene rings is 2. The predicted octanol–water partition coefficient (Wildman–Crippen LogP) is 2.71. The molecule has 0 spiro atoms. The van der Waals surface area contributed by atoms with Crippen LogP contribution in [0, 0.1) is 12.8 Å². The fraction of sp³-hybridized carbons (Fsp3) is 0.300. The van der Waals surface area contributed by atoms with Crippen molar-refractivity contribution in [2.75, 3.05) is 18.0 Å². The van der Waals surface area contributed by atoms with Crippen molar-refractivity contribution in [2.45, 2.75) is 19.8 Å². The normalized spacial score (nSPS) is 17.1. The van der Waals surface area contributed by atoms with Gasteiger partial charge in [-0.3, -0.25) is 9.59 Å². The summed E-state index contributed by atoms with van der Waals surface area (Å²) in [7, 11) is 0. The van der Waals surface area contributed by atoms with Gasteiger partial charge in [-0.2, -0.15) is 0 Å². The van der Waals surface area contributed by atoms with Gasteiger partial charge < -0.3 is 10.2 Å². The van der Waals surface area contributed by atoms with E-state index < -0.39 is 0 Å². The number of amides is 2. The van der Waals surface area contributed by atoms with Gasteiger partial charge in [0.15, 0.2) is 0 Å². The first-order valence-corrected chi connectivity index (χ1v) is 8.33. The maximum Gasteiger partial charge on any atom is 0.227 e. The van der Waals surface area contributed by atoms with Gasteiger partial charge in [0.25, 0.3) is 0 Å². The molecule has 1 aliphatic rings. The van der Waals surface area contributed by atoms with Gasteiger partial charge in [0.1, 0.15) is 0 Å². The zero-order valence-corrected chi connectivity index (χ0v) is 13.9. The van der Waals surface area contributed by atoms with Gasteiger partial charge in [0.2, 0.25) is 11.8 Å². The van der Waals surface area contributed by atoms with Gasteiger partial charge in [-0.1, -0.05) is 48.5 Å². The third kappa shape index (κ3) is 3.65. The van der Waals surface area contributed by atoms with Crippen LogP contribution in [-0.2, 0) is 16.0 Å². The Bertz CT molecular complexity index is 727. The highest BCUT2D eigenvalue weighted by Crippen LogP contribution is 2.27. The lowest BCUT2D eigenvalue weighted by Gasteiger charge is -2.19. The number of rotatable bonds is 5. The van der Waals surface area contributed by atoms with Gasteiger partial charge in [-0.15, -0.1) is 0 Å². The summed E-state index contributed by atoms with van der Waals surface area (Å²) in [6.07, 6.45) is 1.08. The van der Waals surface area contributed by atoms with Crippen molar-refractivity contribution in [3.05, 3.63) is 65.7 Å². The van der Waals surface area contributed by atoms with E-state index in [0.29, 0.717) is 13.1 Å². The summed E-state index contributed by atoms with van der Waals surface area (Å²) in [5.74, 6) is -0.282. The van der Waals surface area contributed by atoms with Crippen LogP contribution in [-0.4, -0.2) is 24.9 Å². The number of carbonyl (C=O) groups is 2. The minimum atomic E-state index is -0.270. The Balaban J connectivity index is 1.55. The summed E-state index contributed by atoms with van der Waals surface area (Å²) in [5, 5.41) is 2.96. The molecule has 24 heavy (non-hydrogen) atoms. The lowest BCUT2D eigenvalue weighted by molar-refractivity contribution is -0.126. The molecule has 0 aliphatic carbocycles. The van der Waals surface area contributed by atoms with Crippen LogP contribution in [0.25, 0.3) is 0 Å². The van der Waals surface area contributed by atoms with Crippen LogP contribution in [0.5, 0.6) is 0 Å². The first kappa shape index (κ1) is 16.2. The van der Waals surface area contributed by atoms with Crippen molar-refractivity contribution >= 4 is 17.5 Å². The van der Waals surface area contributed by atoms with Crippen LogP contribution < -0.4 is 10.2 Å². The Hall–Kier alpha value is -2.62. The van der Waals surface area contributed by atoms with Crippen LogP contribution >= 0.6 is 0 Å². The molecule has 0 aromatic heterocycles. The van der Waals surface area contributed by atoms with E-state index in [4.69, 9.17) is 0 Å². The Morgan fingerprint density at radius 1 is 1.12 bits per heavy atom. The quantitative estimate of drug-likeness (QED) is 0.920. The van der Waals surface area contributed by atoms with E-state index in [1.807, 2.05) is 61.5 Å². The summed E-state index contributed by atoms with van der Waals surface area (Å²) in [4.78, 5) is 26.4. The number of para-hydroxylation sites is 1. The summed E-state index contributed by atoms with van der Waals surface area (Å²) < 4.78 is 0. The Morgan fingerprint density at radius 2 is 1.83 bits per heavy atom. The first-order valence-electron chi connectivity index (χ1n) is 8.33. The fourth-order valence-electron chi connectivity index (χ4n) is 3.10. The van der Waals surface area contributed by atoms with Crippen molar-refractivity contribution < 1.29 is 9.59 Å². The Labute approximate surface area is 142 Å². The molecule has 124 valence electrons. The highest BCUT2D eigenvalue weighted by atomic mass is 16.2. The average Bonchev–Trinajstić information content (AvgIpc) is 2.98. The third-order valence-corrected chi connectivity index (χ3v) is 4.46. The third-order valence-electron chi connectivity index (χ3n) is 4.46. The lowest BCUT2D eigenvalue weighted by Crippen LogP contribution is -2.34. The van der Waals surface area contributed by atoms with Crippen molar-refractivity contribution in [1.82, 2.24) is 5.32 Å². The second-order valence-corrected chi connectivity index (χ2v) is 6.22. The largest absolute Gasteiger partial charge is 0.355 e. The second-order valence-electron chi connectivity index (χ2n) is 6.22. The molecule has 1 heterocycles. The Kier molecular flexibility index (Phi) is 4.94. The van der Waals surface area contributed by atoms with Crippen molar-refractivity contribution in [3.8, 4) is 0 Å². The summed E-state index contributed by atoms with van der Waals surface area (Å²) in [5.41, 5.74) is 3.15. The molecule has 1 N–H and O–H groups in total. The van der Waals surface area contributed by atoms with E-state index in [1.54, 1.807) is 4.90 Å². The van der Waals surface area contributed by atoms with E-state index in [-0.39, 0.29) is 24.2 Å². The number of anilines is 1. The van der Waals surface area contributed by atoms with Crippen LogP contribution in [0.15, 0.2) is 54.6 Å². The number of nitrogens with zero attached hydrogens (tertiary/aromatic N) is 1. The zero-order valence-electron chi connectivity index (χ0n) is 13.9. The number of nitrogens with one attached hydrogen (secondary N) is 1. The van der Waals surface area contributed by atoms with E-state index in [0.717, 1.165) is 17.7 Å². The van der Waals surface area contributed by atoms with Crippen LogP contribution in [0.2, 0.25) is 0 Å². The number of hydrogen-bond donors (Lipinski definition) is 1. The molecule has 0 bridgehead atoms. The standard InChI is InChI=1S/C20H22N2O2/c1-15-7-5-6-10-18(15)22-14-17(13-19(22)23)20(24)21-12-11-16-8-3-2-4-9-16/h2-10,17H,11-14H2,1H3,(H,21,24)/t17-/m1/s1. The molecule has 4 nitrogen and oxygen atoms in total. The predicted molar refractivity (Wildman–Crippen MR) is 94.8 cm³/mol. The molecule has 0 saturated carbocycles. The molecule has 3 rings (SSSR count). The summed E-state index contributed by atoms with van der Waals surface area (Å²) in [6, 6.07) is 17.8. The Morgan fingerprint density at radius 3 is 2.58 bits per heavy atom. The molecule has 1 saturated heterocycles. The molecule has 2 aromatic carbocycles. The molecule has 1 fully saturated rings. The van der Waals surface area contributed by atoms with Crippen molar-refractivity contribution in [3.63, 3.8) is 0 Å². The van der Waals surface area contributed by atoms with Gasteiger partial charge in [-0.25, -0.2) is 0 Å². The average molecular weight is 322 g/mol. The number of aryl methyl sites for hydroxylation is 1. The molecular weight excluding hydrogens is 300 g/mol. The van der Waals surface area contributed by atoms with Crippen molar-refractivity contribution in [1.29, 1.82) is 0 Å². The molecule has 2 aromatic rings. The molecule has 1 atom stereocenters. The van der Waals surface area contributed by atoms with E-state index in [2.05, 4.69) is 5.32 Å². The van der Waals surface area contributed by atoms with Gasteiger partial charge in [0, 0.05) is 25.2 Å². The SMILES string of the molecule is Cc1ccccc1N1C[C@H](C(=O)NCCc2ccccc2)CC1=O. The first-order chi connectivity index (χ1) is 11.6. The van der Waals surface area contributed by atoms with Crippen LogP contribution in [0.1, 0.15) is 17.5 Å². The fourth-order valence-corrected chi connectivity index (χ4v) is 3.10. The van der Waals surface area contributed by atoms with Gasteiger partial charge in [0.05, 0.1) is 5.92 Å². The smallest absolute Gasteiger partial charge is 0.227 e. The summed E-state index contributed by atoms with van der Waals surface area (Å²) in [6.45, 7) is 3.04. The second kappa shape index (κ2) is 7.30. The molecule has 0 unspecified atom stereocenters. The minimum Gasteiger partial charge on any atom is -0.355 e. The minimum absolute atomic E-state index is 0.0208. The van der Waals surface area contributed by atoms with E-state index in [1.165, 1.54) is 5.56 Å².